The molecule has 2 aromatic heterocycles. The molecule has 0 atom stereocenters. The molecule has 0 bridgehead atoms. The molecule has 0 spiro atoms. The van der Waals surface area contributed by atoms with Gasteiger partial charge in [-0.25, -0.2) is 4.98 Å². The minimum Gasteiger partial charge on any atom is -0.303 e. The molecule has 0 saturated heterocycles. The van der Waals surface area contributed by atoms with Gasteiger partial charge in [0.2, 0.25) is 0 Å². The van der Waals surface area contributed by atoms with Crippen LogP contribution in [0.25, 0.3) is 5.52 Å². The third kappa shape index (κ3) is 2.13. The van der Waals surface area contributed by atoms with Crippen LogP contribution in [0, 0.1) is 0 Å². The summed E-state index contributed by atoms with van der Waals surface area (Å²) in [7, 11) is 0. The lowest BCUT2D eigenvalue weighted by Crippen LogP contribution is -1.98. The number of aromatic nitrogens is 2. The van der Waals surface area contributed by atoms with Crippen molar-refractivity contribution in [1.82, 2.24) is 9.38 Å². The van der Waals surface area contributed by atoms with Crippen molar-refractivity contribution in [2.75, 3.05) is 0 Å². The summed E-state index contributed by atoms with van der Waals surface area (Å²) in [5, 5.41) is 0.728. The second-order valence-corrected chi connectivity index (χ2v) is 4.69. The van der Waals surface area contributed by atoms with Gasteiger partial charge in [0.05, 0.1) is 11.7 Å². The number of imidazole rings is 1. The highest BCUT2D eigenvalue weighted by molar-refractivity contribution is 6.31. The molecule has 0 amide bonds. The molecule has 94 valence electrons. The van der Waals surface area contributed by atoms with Crippen LogP contribution in [0.5, 0.6) is 0 Å². The first-order valence-corrected chi connectivity index (χ1v) is 6.31. The van der Waals surface area contributed by atoms with Crippen molar-refractivity contribution in [1.29, 1.82) is 0 Å². The van der Waals surface area contributed by atoms with Gasteiger partial charge in [-0.2, -0.15) is 0 Å². The molecule has 3 nitrogen and oxygen atoms in total. The molecule has 0 radical (unpaired) electrons. The normalized spacial score (nSPS) is 10.8. The van der Waals surface area contributed by atoms with E-state index in [1.807, 2.05) is 40.9 Å². The van der Waals surface area contributed by atoms with E-state index in [4.69, 9.17) is 11.6 Å². The first-order valence-electron chi connectivity index (χ1n) is 5.93. The molecule has 0 aliphatic heterocycles. The van der Waals surface area contributed by atoms with E-state index in [2.05, 4.69) is 4.98 Å². The number of aldehydes is 1. The zero-order valence-electron chi connectivity index (χ0n) is 10.1. The summed E-state index contributed by atoms with van der Waals surface area (Å²) in [6.07, 6.45) is 5.10. The summed E-state index contributed by atoms with van der Waals surface area (Å²) in [5.74, 6) is 0.867. The predicted octanol–water partition coefficient (Wildman–Crippen LogP) is 3.39. The van der Waals surface area contributed by atoms with Crippen LogP contribution in [0.15, 0.2) is 48.8 Å². The van der Waals surface area contributed by atoms with Crippen molar-refractivity contribution in [3.63, 3.8) is 0 Å². The smallest absolute Gasteiger partial charge is 0.152 e. The van der Waals surface area contributed by atoms with Gasteiger partial charge in [0, 0.05) is 23.2 Å². The molecule has 1 aromatic carbocycles. The summed E-state index contributed by atoms with van der Waals surface area (Å²) >= 11 is 6.16. The van der Waals surface area contributed by atoms with E-state index in [-0.39, 0.29) is 0 Å². The first kappa shape index (κ1) is 11.9. The number of hydrogen-bond acceptors (Lipinski definition) is 2. The number of carbonyl (C=O) groups is 1. The number of pyridine rings is 1. The lowest BCUT2D eigenvalue weighted by atomic mass is 10.1. The molecule has 0 aliphatic rings. The van der Waals surface area contributed by atoms with E-state index < -0.39 is 0 Å². The van der Waals surface area contributed by atoms with Crippen molar-refractivity contribution in [2.45, 2.75) is 6.42 Å². The Bertz CT molecular complexity index is 749. The zero-order valence-corrected chi connectivity index (χ0v) is 10.8. The van der Waals surface area contributed by atoms with Crippen LogP contribution in [0.1, 0.15) is 21.7 Å². The Morgan fingerprint density at radius 2 is 2.05 bits per heavy atom. The van der Waals surface area contributed by atoms with Gasteiger partial charge in [0.15, 0.2) is 6.29 Å². The average molecular weight is 271 g/mol. The van der Waals surface area contributed by atoms with E-state index >= 15 is 0 Å². The number of halogens is 1. The van der Waals surface area contributed by atoms with E-state index in [9.17, 15) is 4.79 Å². The Morgan fingerprint density at radius 3 is 2.84 bits per heavy atom. The fourth-order valence-electron chi connectivity index (χ4n) is 2.14. The Morgan fingerprint density at radius 1 is 1.21 bits per heavy atom. The quantitative estimate of drug-likeness (QED) is 0.684. The maximum Gasteiger partial charge on any atom is 0.152 e. The molecule has 19 heavy (non-hydrogen) atoms. The van der Waals surface area contributed by atoms with E-state index in [0.717, 1.165) is 28.2 Å². The van der Waals surface area contributed by atoms with Crippen LogP contribution < -0.4 is 0 Å². The Balaban J connectivity index is 2.07. The van der Waals surface area contributed by atoms with Crippen molar-refractivity contribution in [3.8, 4) is 0 Å². The lowest BCUT2D eigenvalue weighted by molar-refractivity contribution is 0.112. The summed E-state index contributed by atoms with van der Waals surface area (Å²) in [6.45, 7) is 0. The standard InChI is InChI=1S/C15H11ClN2O/c16-13-6-2-1-4-11(13)8-15-17-9-14-12(10-19)5-3-7-18(14)15/h1-7,9-10H,8H2. The molecular weight excluding hydrogens is 260 g/mol. The van der Waals surface area contributed by atoms with Gasteiger partial charge in [0.25, 0.3) is 0 Å². The SMILES string of the molecule is O=Cc1cccn2c(Cc3ccccc3Cl)ncc12. The van der Waals surface area contributed by atoms with E-state index in [1.165, 1.54) is 0 Å². The Kier molecular flexibility index (Phi) is 3.05. The van der Waals surface area contributed by atoms with Gasteiger partial charge in [-0.15, -0.1) is 0 Å². The van der Waals surface area contributed by atoms with Crippen molar-refractivity contribution < 1.29 is 4.79 Å². The van der Waals surface area contributed by atoms with Crippen LogP contribution in [0.2, 0.25) is 5.02 Å². The van der Waals surface area contributed by atoms with Gasteiger partial charge in [-0.3, -0.25) is 4.79 Å². The molecule has 3 aromatic rings. The Labute approximate surface area is 115 Å². The summed E-state index contributed by atoms with van der Waals surface area (Å²) in [6, 6.07) is 11.3. The van der Waals surface area contributed by atoms with Crippen LogP contribution in [0.4, 0.5) is 0 Å². The largest absolute Gasteiger partial charge is 0.303 e. The minimum atomic E-state index is 0.635. The van der Waals surface area contributed by atoms with E-state index in [1.54, 1.807) is 12.3 Å². The molecule has 0 aliphatic carbocycles. The van der Waals surface area contributed by atoms with Crippen molar-refractivity contribution in [3.05, 3.63) is 70.8 Å². The van der Waals surface area contributed by atoms with Gasteiger partial charge in [-0.05, 0) is 23.8 Å². The second-order valence-electron chi connectivity index (χ2n) is 4.28. The number of benzene rings is 1. The highest BCUT2D eigenvalue weighted by Crippen LogP contribution is 2.19. The Hall–Kier alpha value is -2.13. The molecule has 4 heteroatoms. The maximum absolute atomic E-state index is 11.0. The van der Waals surface area contributed by atoms with Crippen molar-refractivity contribution in [2.24, 2.45) is 0 Å². The molecular formula is C15H11ClN2O. The summed E-state index contributed by atoms with van der Waals surface area (Å²) in [4.78, 5) is 15.4. The number of carbonyl (C=O) groups excluding carboxylic acids is 1. The van der Waals surface area contributed by atoms with Crippen LogP contribution in [-0.2, 0) is 6.42 Å². The van der Waals surface area contributed by atoms with Gasteiger partial charge in [-0.1, -0.05) is 29.8 Å². The van der Waals surface area contributed by atoms with Gasteiger partial charge in [0.1, 0.15) is 5.82 Å². The molecule has 0 unspecified atom stereocenters. The third-order valence-electron chi connectivity index (χ3n) is 3.11. The highest BCUT2D eigenvalue weighted by Gasteiger charge is 2.09. The number of fused-ring (bicyclic) bond motifs is 1. The summed E-state index contributed by atoms with van der Waals surface area (Å²) in [5.41, 5.74) is 2.48. The van der Waals surface area contributed by atoms with Gasteiger partial charge >= 0.3 is 0 Å². The second kappa shape index (κ2) is 4.86. The lowest BCUT2D eigenvalue weighted by Gasteiger charge is -2.04. The van der Waals surface area contributed by atoms with Crippen molar-refractivity contribution >= 4 is 23.4 Å². The van der Waals surface area contributed by atoms with Crippen LogP contribution in [-0.4, -0.2) is 15.7 Å². The topological polar surface area (TPSA) is 34.4 Å². The molecule has 0 N–H and O–H groups in total. The third-order valence-corrected chi connectivity index (χ3v) is 3.48. The fourth-order valence-corrected chi connectivity index (χ4v) is 2.34. The van der Waals surface area contributed by atoms with Gasteiger partial charge < -0.3 is 4.40 Å². The predicted molar refractivity (Wildman–Crippen MR) is 74.8 cm³/mol. The zero-order chi connectivity index (χ0) is 13.2. The number of rotatable bonds is 3. The monoisotopic (exact) mass is 270 g/mol. The fraction of sp³-hybridized carbons (Fsp3) is 0.0667. The molecule has 2 heterocycles. The molecule has 0 saturated carbocycles. The number of hydrogen-bond donors (Lipinski definition) is 0. The van der Waals surface area contributed by atoms with Crippen LogP contribution in [0.3, 0.4) is 0 Å². The summed E-state index contributed by atoms with van der Waals surface area (Å²) < 4.78 is 1.92. The van der Waals surface area contributed by atoms with Crippen LogP contribution >= 0.6 is 11.6 Å². The highest BCUT2D eigenvalue weighted by atomic mass is 35.5. The van der Waals surface area contributed by atoms with E-state index in [0.29, 0.717) is 12.0 Å². The maximum atomic E-state index is 11.0. The number of nitrogens with zero attached hydrogens (tertiary/aromatic N) is 2. The first-order chi connectivity index (χ1) is 9.29. The molecule has 0 fully saturated rings. The minimum absolute atomic E-state index is 0.635. The average Bonchev–Trinajstić information content (AvgIpc) is 2.84. The molecule has 3 rings (SSSR count).